The molecule has 96 valence electrons. The molecule has 18 heavy (non-hydrogen) atoms. The Kier molecular flexibility index (Phi) is 3.56. The molecule has 1 amide bonds. The number of rotatable bonds is 3. The fourth-order valence-electron chi connectivity index (χ4n) is 1.31. The van der Waals surface area contributed by atoms with Crippen LogP contribution in [0.2, 0.25) is 5.02 Å². The number of aromatic nitrogens is 1. The predicted molar refractivity (Wildman–Crippen MR) is 76.1 cm³/mol. The summed E-state index contributed by atoms with van der Waals surface area (Å²) in [6.45, 7) is 3.88. The maximum atomic E-state index is 12.0. The minimum Gasteiger partial charge on any atom is -0.329 e. The van der Waals surface area contributed by atoms with E-state index >= 15 is 0 Å². The Balaban J connectivity index is 2.25. The van der Waals surface area contributed by atoms with E-state index < -0.39 is 5.41 Å². The van der Waals surface area contributed by atoms with Gasteiger partial charge in [-0.25, -0.2) is 4.98 Å². The Labute approximate surface area is 114 Å². The molecule has 0 spiro atoms. The van der Waals surface area contributed by atoms with Crippen LogP contribution in [-0.4, -0.2) is 17.4 Å². The molecule has 0 atom stereocenters. The minimum absolute atomic E-state index is 0.129. The molecule has 0 aliphatic heterocycles. The summed E-state index contributed by atoms with van der Waals surface area (Å²) in [7, 11) is 0. The van der Waals surface area contributed by atoms with Crippen LogP contribution in [0.3, 0.4) is 0 Å². The molecule has 1 aromatic carbocycles. The van der Waals surface area contributed by atoms with Crippen LogP contribution in [0.25, 0.3) is 10.2 Å². The van der Waals surface area contributed by atoms with Gasteiger partial charge in [0.1, 0.15) is 0 Å². The molecule has 0 aliphatic carbocycles. The first-order valence-electron chi connectivity index (χ1n) is 5.50. The number of halogens is 1. The number of hydrogen-bond donors (Lipinski definition) is 2. The number of nitrogens with zero attached hydrogens (tertiary/aromatic N) is 1. The van der Waals surface area contributed by atoms with Crippen molar-refractivity contribution in [3.8, 4) is 0 Å². The highest BCUT2D eigenvalue weighted by Crippen LogP contribution is 2.29. The zero-order valence-corrected chi connectivity index (χ0v) is 11.7. The summed E-state index contributed by atoms with van der Waals surface area (Å²) in [5, 5.41) is 4.01. The molecule has 0 radical (unpaired) electrons. The van der Waals surface area contributed by atoms with Crippen molar-refractivity contribution >= 4 is 44.2 Å². The monoisotopic (exact) mass is 283 g/mol. The summed E-state index contributed by atoms with van der Waals surface area (Å²) in [6.07, 6.45) is 0. The molecular weight excluding hydrogens is 270 g/mol. The second kappa shape index (κ2) is 4.84. The van der Waals surface area contributed by atoms with Crippen LogP contribution >= 0.6 is 22.9 Å². The van der Waals surface area contributed by atoms with Crippen LogP contribution in [0.15, 0.2) is 18.2 Å². The van der Waals surface area contributed by atoms with E-state index in [1.807, 2.05) is 12.1 Å². The van der Waals surface area contributed by atoms with E-state index in [1.165, 1.54) is 11.3 Å². The van der Waals surface area contributed by atoms with Crippen molar-refractivity contribution in [1.82, 2.24) is 4.98 Å². The standard InChI is InChI=1S/C12H14ClN3OS/c1-12(2,6-14)10(17)16-11-15-8-4-3-7(13)5-9(8)18-11/h3-5H,6,14H2,1-2H3,(H,15,16,17). The lowest BCUT2D eigenvalue weighted by molar-refractivity contribution is -0.123. The van der Waals surface area contributed by atoms with Gasteiger partial charge in [0.15, 0.2) is 5.13 Å². The lowest BCUT2D eigenvalue weighted by Crippen LogP contribution is -2.37. The first kappa shape index (κ1) is 13.3. The number of fused-ring (bicyclic) bond motifs is 1. The third kappa shape index (κ3) is 2.63. The fourth-order valence-corrected chi connectivity index (χ4v) is 2.45. The van der Waals surface area contributed by atoms with Crippen molar-refractivity contribution in [1.29, 1.82) is 0 Å². The number of carbonyl (C=O) groups is 1. The molecule has 1 heterocycles. The zero-order chi connectivity index (χ0) is 13.3. The second-order valence-corrected chi connectivity index (χ2v) is 6.14. The van der Waals surface area contributed by atoms with E-state index in [0.29, 0.717) is 10.2 Å². The SMILES string of the molecule is CC(C)(CN)C(=O)Nc1nc2ccc(Cl)cc2s1. The first-order chi connectivity index (χ1) is 8.42. The zero-order valence-electron chi connectivity index (χ0n) is 10.2. The number of benzene rings is 1. The molecular formula is C12H14ClN3OS. The number of carbonyl (C=O) groups excluding carboxylic acids is 1. The largest absolute Gasteiger partial charge is 0.329 e. The van der Waals surface area contributed by atoms with Crippen molar-refractivity contribution < 1.29 is 4.79 Å². The van der Waals surface area contributed by atoms with Gasteiger partial charge in [0.25, 0.3) is 0 Å². The van der Waals surface area contributed by atoms with Crippen LogP contribution < -0.4 is 11.1 Å². The van der Waals surface area contributed by atoms with Crippen LogP contribution in [0.4, 0.5) is 5.13 Å². The molecule has 0 saturated heterocycles. The van der Waals surface area contributed by atoms with Gasteiger partial charge in [-0.05, 0) is 32.0 Å². The Hall–Kier alpha value is -1.17. The molecule has 4 nitrogen and oxygen atoms in total. The van der Waals surface area contributed by atoms with E-state index in [1.54, 1.807) is 19.9 Å². The van der Waals surface area contributed by atoms with E-state index in [2.05, 4.69) is 10.3 Å². The topological polar surface area (TPSA) is 68.0 Å². The van der Waals surface area contributed by atoms with Crippen LogP contribution in [0, 0.1) is 5.41 Å². The Morgan fingerprint density at radius 1 is 1.56 bits per heavy atom. The molecule has 3 N–H and O–H groups in total. The molecule has 0 saturated carbocycles. The van der Waals surface area contributed by atoms with Crippen molar-refractivity contribution in [2.24, 2.45) is 11.1 Å². The smallest absolute Gasteiger partial charge is 0.233 e. The predicted octanol–water partition coefficient (Wildman–Crippen LogP) is 2.87. The second-order valence-electron chi connectivity index (χ2n) is 4.67. The average molecular weight is 284 g/mol. The fraction of sp³-hybridized carbons (Fsp3) is 0.333. The third-order valence-corrected chi connectivity index (χ3v) is 3.86. The van der Waals surface area contributed by atoms with Gasteiger partial charge in [0.2, 0.25) is 5.91 Å². The van der Waals surface area contributed by atoms with Crippen molar-refractivity contribution in [3.05, 3.63) is 23.2 Å². The van der Waals surface area contributed by atoms with E-state index in [4.69, 9.17) is 17.3 Å². The summed E-state index contributed by atoms with van der Waals surface area (Å²) in [5.74, 6) is -0.129. The van der Waals surface area contributed by atoms with Gasteiger partial charge in [-0.15, -0.1) is 0 Å². The lowest BCUT2D eigenvalue weighted by Gasteiger charge is -2.19. The lowest BCUT2D eigenvalue weighted by atomic mass is 9.93. The highest BCUT2D eigenvalue weighted by Gasteiger charge is 2.26. The molecule has 2 rings (SSSR count). The molecule has 0 fully saturated rings. The van der Waals surface area contributed by atoms with Gasteiger partial charge >= 0.3 is 0 Å². The van der Waals surface area contributed by atoms with Gasteiger partial charge in [-0.3, -0.25) is 4.79 Å². The molecule has 0 unspecified atom stereocenters. The molecule has 0 bridgehead atoms. The maximum absolute atomic E-state index is 12.0. The molecule has 1 aromatic heterocycles. The van der Waals surface area contributed by atoms with Crippen molar-refractivity contribution in [2.45, 2.75) is 13.8 Å². The number of amides is 1. The number of nitrogens with two attached hydrogens (primary N) is 1. The number of anilines is 1. The van der Waals surface area contributed by atoms with Crippen molar-refractivity contribution in [2.75, 3.05) is 11.9 Å². The van der Waals surface area contributed by atoms with Gasteiger partial charge in [0.05, 0.1) is 15.6 Å². The number of nitrogens with one attached hydrogen (secondary N) is 1. The van der Waals surface area contributed by atoms with Crippen LogP contribution in [0.5, 0.6) is 0 Å². The summed E-state index contributed by atoms with van der Waals surface area (Å²) in [4.78, 5) is 16.3. The molecule has 2 aromatic rings. The Morgan fingerprint density at radius 3 is 2.94 bits per heavy atom. The van der Waals surface area contributed by atoms with Crippen LogP contribution in [0.1, 0.15) is 13.8 Å². The Bertz CT molecular complexity index is 594. The van der Waals surface area contributed by atoms with E-state index in [0.717, 1.165) is 10.2 Å². The summed E-state index contributed by atoms with van der Waals surface area (Å²) >= 11 is 7.30. The summed E-state index contributed by atoms with van der Waals surface area (Å²) < 4.78 is 0.948. The van der Waals surface area contributed by atoms with Gasteiger partial charge < -0.3 is 11.1 Å². The van der Waals surface area contributed by atoms with Crippen LogP contribution in [-0.2, 0) is 4.79 Å². The van der Waals surface area contributed by atoms with Crippen molar-refractivity contribution in [3.63, 3.8) is 0 Å². The van der Waals surface area contributed by atoms with E-state index in [9.17, 15) is 4.79 Å². The minimum atomic E-state index is -0.602. The quantitative estimate of drug-likeness (QED) is 0.910. The number of thiazole rings is 1. The average Bonchev–Trinajstić information content (AvgIpc) is 2.70. The molecule has 0 aliphatic rings. The number of hydrogen-bond acceptors (Lipinski definition) is 4. The highest BCUT2D eigenvalue weighted by molar-refractivity contribution is 7.22. The molecule has 6 heteroatoms. The Morgan fingerprint density at radius 2 is 2.28 bits per heavy atom. The highest BCUT2D eigenvalue weighted by atomic mass is 35.5. The maximum Gasteiger partial charge on any atom is 0.233 e. The summed E-state index contributed by atoms with van der Waals surface area (Å²) in [6, 6.07) is 5.44. The van der Waals surface area contributed by atoms with Gasteiger partial charge in [0, 0.05) is 11.6 Å². The summed E-state index contributed by atoms with van der Waals surface area (Å²) in [5.41, 5.74) is 5.78. The third-order valence-electron chi connectivity index (χ3n) is 2.70. The normalized spacial score (nSPS) is 11.8. The first-order valence-corrected chi connectivity index (χ1v) is 6.69. The van der Waals surface area contributed by atoms with Gasteiger partial charge in [-0.1, -0.05) is 22.9 Å². The van der Waals surface area contributed by atoms with Gasteiger partial charge in [-0.2, -0.15) is 0 Å². The van der Waals surface area contributed by atoms with E-state index in [-0.39, 0.29) is 12.5 Å².